The van der Waals surface area contributed by atoms with E-state index in [-0.39, 0.29) is 5.91 Å². The minimum absolute atomic E-state index is 0.151. The SMILES string of the molecule is CCCNC(=O)c1cnc2c(c(C)nn2-c2ccccc2)c1NCc1ccc(Cl)cc1. The molecule has 6 nitrogen and oxygen atoms in total. The predicted molar refractivity (Wildman–Crippen MR) is 125 cm³/mol. The summed E-state index contributed by atoms with van der Waals surface area (Å²) in [6.07, 6.45) is 2.48. The van der Waals surface area contributed by atoms with Gasteiger partial charge in [-0.15, -0.1) is 0 Å². The molecule has 0 unspecified atom stereocenters. The van der Waals surface area contributed by atoms with E-state index in [1.807, 2.05) is 73.1 Å². The van der Waals surface area contributed by atoms with E-state index in [9.17, 15) is 4.79 Å². The Balaban J connectivity index is 1.80. The van der Waals surface area contributed by atoms with Gasteiger partial charge in [0.25, 0.3) is 5.91 Å². The first-order valence-corrected chi connectivity index (χ1v) is 10.7. The maximum absolute atomic E-state index is 12.9. The summed E-state index contributed by atoms with van der Waals surface area (Å²) in [5.41, 5.74) is 4.71. The normalized spacial score (nSPS) is 10.9. The average molecular weight is 434 g/mol. The fourth-order valence-corrected chi connectivity index (χ4v) is 3.61. The van der Waals surface area contributed by atoms with Gasteiger partial charge in [-0.2, -0.15) is 5.10 Å². The number of amides is 1. The third-order valence-electron chi connectivity index (χ3n) is 5.03. The topological polar surface area (TPSA) is 71.8 Å². The third-order valence-corrected chi connectivity index (χ3v) is 5.29. The first-order chi connectivity index (χ1) is 15.1. The number of fused-ring (bicyclic) bond motifs is 1. The van der Waals surface area contributed by atoms with Gasteiger partial charge in [0.05, 0.1) is 28.0 Å². The third kappa shape index (κ3) is 4.39. The molecule has 0 fully saturated rings. The maximum atomic E-state index is 12.9. The van der Waals surface area contributed by atoms with Gasteiger partial charge in [0.15, 0.2) is 5.65 Å². The lowest BCUT2D eigenvalue weighted by Gasteiger charge is -2.14. The number of para-hydroxylation sites is 1. The molecule has 0 radical (unpaired) electrons. The Morgan fingerprint density at radius 3 is 2.55 bits per heavy atom. The number of hydrogen-bond donors (Lipinski definition) is 2. The smallest absolute Gasteiger partial charge is 0.254 e. The summed E-state index contributed by atoms with van der Waals surface area (Å²) in [4.78, 5) is 17.5. The second-order valence-corrected chi connectivity index (χ2v) is 7.75. The fourth-order valence-electron chi connectivity index (χ4n) is 3.48. The Bertz CT molecular complexity index is 1200. The van der Waals surface area contributed by atoms with Crippen LogP contribution in [0.3, 0.4) is 0 Å². The number of rotatable bonds is 7. The number of carbonyl (C=O) groups excluding carboxylic acids is 1. The number of pyridine rings is 1. The molecule has 2 aromatic heterocycles. The number of anilines is 1. The monoisotopic (exact) mass is 433 g/mol. The van der Waals surface area contributed by atoms with Gasteiger partial charge in [0, 0.05) is 24.3 Å². The zero-order valence-corrected chi connectivity index (χ0v) is 18.3. The Morgan fingerprint density at radius 1 is 1.10 bits per heavy atom. The lowest BCUT2D eigenvalue weighted by molar-refractivity contribution is 0.0954. The van der Waals surface area contributed by atoms with E-state index < -0.39 is 0 Å². The van der Waals surface area contributed by atoms with Crippen molar-refractivity contribution >= 4 is 34.2 Å². The Labute approximate surface area is 186 Å². The molecule has 0 saturated carbocycles. The summed E-state index contributed by atoms with van der Waals surface area (Å²) >= 11 is 6.01. The fraction of sp³-hybridized carbons (Fsp3) is 0.208. The molecule has 0 bridgehead atoms. The van der Waals surface area contributed by atoms with E-state index >= 15 is 0 Å². The molecule has 0 atom stereocenters. The lowest BCUT2D eigenvalue weighted by atomic mass is 10.1. The van der Waals surface area contributed by atoms with Crippen molar-refractivity contribution in [3.05, 3.63) is 82.6 Å². The maximum Gasteiger partial charge on any atom is 0.254 e. The van der Waals surface area contributed by atoms with Gasteiger partial charge in [-0.25, -0.2) is 9.67 Å². The van der Waals surface area contributed by atoms with Crippen LogP contribution in [0.25, 0.3) is 16.7 Å². The van der Waals surface area contributed by atoms with Crippen LogP contribution in [0.1, 0.15) is 35.0 Å². The molecular formula is C24H24ClN5O. The molecule has 7 heteroatoms. The molecule has 2 heterocycles. The van der Waals surface area contributed by atoms with Crippen molar-refractivity contribution in [3.8, 4) is 5.69 Å². The number of nitrogens with zero attached hydrogens (tertiary/aromatic N) is 3. The van der Waals surface area contributed by atoms with Crippen LogP contribution in [0, 0.1) is 6.92 Å². The summed E-state index contributed by atoms with van der Waals surface area (Å²) < 4.78 is 1.81. The number of nitrogens with one attached hydrogen (secondary N) is 2. The van der Waals surface area contributed by atoms with Crippen molar-refractivity contribution in [3.63, 3.8) is 0 Å². The Kier molecular flexibility index (Phi) is 6.18. The molecule has 158 valence electrons. The van der Waals surface area contributed by atoms with Crippen LogP contribution < -0.4 is 10.6 Å². The number of hydrogen-bond acceptors (Lipinski definition) is 4. The van der Waals surface area contributed by atoms with Gasteiger partial charge in [-0.1, -0.05) is 48.9 Å². The predicted octanol–water partition coefficient (Wildman–Crippen LogP) is 5.13. The molecule has 0 saturated heterocycles. The van der Waals surface area contributed by atoms with Crippen molar-refractivity contribution in [2.75, 3.05) is 11.9 Å². The molecule has 31 heavy (non-hydrogen) atoms. The first-order valence-electron chi connectivity index (χ1n) is 10.3. The number of aryl methyl sites for hydroxylation is 1. The van der Waals surface area contributed by atoms with Crippen molar-refractivity contribution in [1.29, 1.82) is 0 Å². The summed E-state index contributed by atoms with van der Waals surface area (Å²) in [6, 6.07) is 17.5. The van der Waals surface area contributed by atoms with E-state index in [1.165, 1.54) is 0 Å². The van der Waals surface area contributed by atoms with E-state index in [2.05, 4.69) is 15.6 Å². The zero-order valence-electron chi connectivity index (χ0n) is 17.5. The summed E-state index contributed by atoms with van der Waals surface area (Å²) in [5, 5.41) is 12.7. The molecule has 0 aliphatic rings. The van der Waals surface area contributed by atoms with E-state index in [4.69, 9.17) is 16.7 Å². The molecule has 0 aliphatic heterocycles. The molecule has 2 N–H and O–H groups in total. The lowest BCUT2D eigenvalue weighted by Crippen LogP contribution is -2.25. The van der Waals surface area contributed by atoms with Gasteiger partial charge in [-0.05, 0) is 43.2 Å². The largest absolute Gasteiger partial charge is 0.380 e. The zero-order chi connectivity index (χ0) is 21.8. The molecule has 4 rings (SSSR count). The van der Waals surface area contributed by atoms with Crippen LogP contribution >= 0.6 is 11.6 Å². The number of carbonyl (C=O) groups is 1. The van der Waals surface area contributed by atoms with Crippen molar-refractivity contribution in [2.24, 2.45) is 0 Å². The highest BCUT2D eigenvalue weighted by Gasteiger charge is 2.21. The van der Waals surface area contributed by atoms with Gasteiger partial charge in [0.2, 0.25) is 0 Å². The Hall–Kier alpha value is -3.38. The second kappa shape index (κ2) is 9.18. The van der Waals surface area contributed by atoms with Crippen LogP contribution in [0.4, 0.5) is 5.69 Å². The number of aromatic nitrogens is 3. The van der Waals surface area contributed by atoms with Crippen LogP contribution in [0.2, 0.25) is 5.02 Å². The van der Waals surface area contributed by atoms with E-state index in [0.717, 1.165) is 34.4 Å². The van der Waals surface area contributed by atoms with Crippen LogP contribution in [-0.4, -0.2) is 27.2 Å². The minimum atomic E-state index is -0.151. The van der Waals surface area contributed by atoms with Crippen molar-refractivity contribution < 1.29 is 4.79 Å². The summed E-state index contributed by atoms with van der Waals surface area (Å²) in [6.45, 7) is 5.11. The van der Waals surface area contributed by atoms with Crippen LogP contribution in [0.5, 0.6) is 0 Å². The van der Waals surface area contributed by atoms with Crippen molar-refractivity contribution in [2.45, 2.75) is 26.8 Å². The highest BCUT2D eigenvalue weighted by atomic mass is 35.5. The highest BCUT2D eigenvalue weighted by molar-refractivity contribution is 6.30. The highest BCUT2D eigenvalue weighted by Crippen LogP contribution is 2.31. The molecule has 0 spiro atoms. The van der Waals surface area contributed by atoms with Gasteiger partial charge in [0.1, 0.15) is 0 Å². The quantitative estimate of drug-likeness (QED) is 0.423. The standard InChI is InChI=1S/C24H24ClN5O/c1-3-13-26-24(31)20-15-28-23-21(16(2)29-30(23)19-7-5-4-6-8-19)22(20)27-14-17-9-11-18(25)12-10-17/h4-12,15H,3,13-14H2,1-2H3,(H,26,31)(H,27,28). The van der Waals surface area contributed by atoms with Crippen LogP contribution in [-0.2, 0) is 6.54 Å². The number of halogens is 1. The molecule has 0 aliphatic carbocycles. The van der Waals surface area contributed by atoms with Gasteiger partial charge < -0.3 is 10.6 Å². The van der Waals surface area contributed by atoms with E-state index in [0.29, 0.717) is 29.3 Å². The van der Waals surface area contributed by atoms with Crippen molar-refractivity contribution in [1.82, 2.24) is 20.1 Å². The van der Waals surface area contributed by atoms with Gasteiger partial charge >= 0.3 is 0 Å². The molecular weight excluding hydrogens is 410 g/mol. The molecule has 2 aromatic carbocycles. The van der Waals surface area contributed by atoms with E-state index in [1.54, 1.807) is 6.20 Å². The number of benzene rings is 2. The summed E-state index contributed by atoms with van der Waals surface area (Å²) in [7, 11) is 0. The second-order valence-electron chi connectivity index (χ2n) is 7.31. The van der Waals surface area contributed by atoms with Crippen LogP contribution in [0.15, 0.2) is 60.8 Å². The Morgan fingerprint density at radius 2 is 1.84 bits per heavy atom. The summed E-state index contributed by atoms with van der Waals surface area (Å²) in [5.74, 6) is -0.151. The first kappa shape index (κ1) is 20.9. The average Bonchev–Trinajstić information content (AvgIpc) is 3.14. The molecule has 1 amide bonds. The van der Waals surface area contributed by atoms with Gasteiger partial charge in [-0.3, -0.25) is 4.79 Å². The minimum Gasteiger partial charge on any atom is -0.380 e. The molecule has 4 aromatic rings.